The van der Waals surface area contributed by atoms with Gasteiger partial charge in [0, 0.05) is 24.7 Å². The van der Waals surface area contributed by atoms with Crippen molar-refractivity contribution >= 4 is 22.0 Å². The lowest BCUT2D eigenvalue weighted by molar-refractivity contribution is 0.174. The fraction of sp³-hybridized carbons (Fsp3) is 0.250. The molecular weight excluding hydrogens is 416 g/mol. The summed E-state index contributed by atoms with van der Waals surface area (Å²) >= 11 is 6.34. The van der Waals surface area contributed by atoms with Crippen LogP contribution in [0.2, 0.25) is 5.02 Å². The lowest BCUT2D eigenvalue weighted by atomic mass is 9.98. The Labute approximate surface area is 184 Å². The summed E-state index contributed by atoms with van der Waals surface area (Å²) in [6.07, 6.45) is 0. The average molecular weight is 441 g/mol. The molecule has 156 valence electrons. The molecule has 1 atom stereocenters. The first kappa shape index (κ1) is 21.2. The second-order valence-corrected chi connectivity index (χ2v) is 9.96. The molecule has 3 aromatic rings. The molecule has 0 N–H and O–H groups in total. The summed E-state index contributed by atoms with van der Waals surface area (Å²) < 4.78 is 27.3. The van der Waals surface area contributed by atoms with E-state index in [1.165, 1.54) is 11.1 Å². The number of rotatable bonds is 5. The fourth-order valence-corrected chi connectivity index (χ4v) is 5.43. The number of hydrogen-bond donors (Lipinski definition) is 0. The summed E-state index contributed by atoms with van der Waals surface area (Å²) in [6.45, 7) is 5.18. The van der Waals surface area contributed by atoms with Crippen molar-refractivity contribution in [2.24, 2.45) is 0 Å². The summed E-state index contributed by atoms with van der Waals surface area (Å²) in [5, 5.41) is 0.766. The molecule has 1 aliphatic rings. The lowest BCUT2D eigenvalue weighted by Gasteiger charge is -2.36. The van der Waals surface area contributed by atoms with Crippen molar-refractivity contribution in [2.75, 3.05) is 26.2 Å². The lowest BCUT2D eigenvalue weighted by Crippen LogP contribution is -2.50. The largest absolute Gasteiger partial charge is 0.593 e. The summed E-state index contributed by atoms with van der Waals surface area (Å²) in [6, 6.07) is 23.2. The Morgan fingerprint density at radius 3 is 2.30 bits per heavy atom. The molecule has 0 saturated carbocycles. The third kappa shape index (κ3) is 4.51. The van der Waals surface area contributed by atoms with Crippen molar-refractivity contribution in [3.63, 3.8) is 0 Å². The maximum absolute atomic E-state index is 12.8. The average Bonchev–Trinajstić information content (AvgIpc) is 2.77. The molecule has 0 aliphatic carbocycles. The first-order chi connectivity index (χ1) is 14.4. The molecule has 1 heterocycles. The predicted molar refractivity (Wildman–Crippen MR) is 122 cm³/mol. The van der Waals surface area contributed by atoms with Gasteiger partial charge < -0.3 is 4.55 Å². The van der Waals surface area contributed by atoms with Crippen molar-refractivity contribution < 1.29 is 8.76 Å². The number of piperazine rings is 1. The Morgan fingerprint density at radius 2 is 1.60 bits per heavy atom. The Kier molecular flexibility index (Phi) is 6.37. The number of aryl methyl sites for hydroxylation is 1. The molecule has 3 aromatic carbocycles. The zero-order valence-electron chi connectivity index (χ0n) is 17.0. The van der Waals surface area contributed by atoms with Gasteiger partial charge in [-0.05, 0) is 47.4 Å². The van der Waals surface area contributed by atoms with Crippen LogP contribution >= 0.6 is 11.6 Å². The minimum atomic E-state index is -3.43. The normalized spacial score (nSPS) is 17.6. The third-order valence-electron chi connectivity index (χ3n) is 5.61. The molecule has 1 saturated heterocycles. The van der Waals surface area contributed by atoms with Gasteiger partial charge in [0.1, 0.15) is 0 Å². The SMILES string of the molecule is Cc1ccc(-c2ccccc2CN2CCN([S+](=O)([O-])c3ccccc3)CC2)cc1Cl. The van der Waals surface area contributed by atoms with Gasteiger partial charge in [-0.25, -0.2) is 0 Å². The standard InChI is InChI=1S/C24H25ClN2O2S/c1-19-11-12-20(17-24(19)25)23-10-6-5-7-21(23)18-26-13-15-27(16-14-26)30(28,29)22-8-3-2-4-9-22/h2-12,17H,13-16,18H2,1H3. The monoisotopic (exact) mass is 440 g/mol. The molecule has 1 fully saturated rings. The maximum Gasteiger partial charge on any atom is 0.175 e. The molecule has 1 aliphatic heterocycles. The highest BCUT2D eigenvalue weighted by Crippen LogP contribution is 2.29. The van der Waals surface area contributed by atoms with Gasteiger partial charge in [0.15, 0.2) is 15.3 Å². The van der Waals surface area contributed by atoms with Crippen LogP contribution in [0.1, 0.15) is 11.1 Å². The van der Waals surface area contributed by atoms with Crippen LogP contribution in [0.3, 0.4) is 0 Å². The molecule has 0 bridgehead atoms. The smallest absolute Gasteiger partial charge is 0.175 e. The van der Waals surface area contributed by atoms with Gasteiger partial charge in [0.05, 0.1) is 13.1 Å². The molecule has 4 rings (SSSR count). The Hall–Kier alpha value is -2.02. The molecule has 0 radical (unpaired) electrons. The first-order valence-electron chi connectivity index (χ1n) is 10.1. The molecule has 4 nitrogen and oxygen atoms in total. The van der Waals surface area contributed by atoms with Gasteiger partial charge in [0.2, 0.25) is 0 Å². The van der Waals surface area contributed by atoms with E-state index in [1.54, 1.807) is 28.6 Å². The van der Waals surface area contributed by atoms with Gasteiger partial charge in [0.25, 0.3) is 0 Å². The Morgan fingerprint density at radius 1 is 0.933 bits per heavy atom. The summed E-state index contributed by atoms with van der Waals surface area (Å²) in [7, 11) is -3.43. The zero-order chi connectivity index (χ0) is 21.1. The minimum absolute atomic E-state index is 0.361. The molecule has 1 unspecified atom stereocenters. The number of hydrogen-bond acceptors (Lipinski definition) is 3. The van der Waals surface area contributed by atoms with Crippen molar-refractivity contribution in [1.29, 1.82) is 0 Å². The summed E-state index contributed by atoms with van der Waals surface area (Å²) in [5.74, 6) is 0. The number of sulfonamides is 1. The van der Waals surface area contributed by atoms with Crippen LogP contribution in [-0.4, -0.2) is 39.9 Å². The van der Waals surface area contributed by atoms with E-state index in [4.69, 9.17) is 11.6 Å². The summed E-state index contributed by atoms with van der Waals surface area (Å²) in [5.41, 5.74) is 4.55. The second kappa shape index (κ2) is 9.00. The van der Waals surface area contributed by atoms with E-state index in [2.05, 4.69) is 23.1 Å². The molecule has 0 aromatic heterocycles. The van der Waals surface area contributed by atoms with E-state index < -0.39 is 10.4 Å². The second-order valence-electron chi connectivity index (χ2n) is 7.61. The van der Waals surface area contributed by atoms with Gasteiger partial charge in [-0.15, -0.1) is 4.31 Å². The van der Waals surface area contributed by atoms with Crippen LogP contribution in [0.4, 0.5) is 0 Å². The van der Waals surface area contributed by atoms with Crippen LogP contribution in [-0.2, 0) is 21.2 Å². The van der Waals surface area contributed by atoms with Gasteiger partial charge in [-0.2, -0.15) is 0 Å². The van der Waals surface area contributed by atoms with Crippen molar-refractivity contribution in [3.8, 4) is 11.1 Å². The van der Waals surface area contributed by atoms with E-state index in [0.717, 1.165) is 22.7 Å². The minimum Gasteiger partial charge on any atom is -0.593 e. The van der Waals surface area contributed by atoms with E-state index in [1.807, 2.05) is 37.3 Å². The van der Waals surface area contributed by atoms with Crippen molar-refractivity contribution in [1.82, 2.24) is 9.21 Å². The van der Waals surface area contributed by atoms with E-state index in [-0.39, 0.29) is 0 Å². The first-order valence-corrected chi connectivity index (χ1v) is 11.9. The third-order valence-corrected chi connectivity index (χ3v) is 7.93. The molecule has 0 amide bonds. The number of nitrogens with zero attached hydrogens (tertiary/aromatic N) is 2. The highest BCUT2D eigenvalue weighted by molar-refractivity contribution is 7.95. The van der Waals surface area contributed by atoms with Crippen LogP contribution in [0.15, 0.2) is 77.7 Å². The highest BCUT2D eigenvalue weighted by atomic mass is 35.5. The topological polar surface area (TPSA) is 46.6 Å². The van der Waals surface area contributed by atoms with Crippen LogP contribution in [0, 0.1) is 6.92 Å². The fourth-order valence-electron chi connectivity index (χ4n) is 3.81. The van der Waals surface area contributed by atoms with E-state index >= 15 is 0 Å². The van der Waals surface area contributed by atoms with Gasteiger partial charge >= 0.3 is 0 Å². The molecular formula is C24H25ClN2O2S. The molecule has 0 spiro atoms. The van der Waals surface area contributed by atoms with E-state index in [0.29, 0.717) is 31.1 Å². The van der Waals surface area contributed by atoms with Crippen LogP contribution < -0.4 is 0 Å². The van der Waals surface area contributed by atoms with Crippen molar-refractivity contribution in [2.45, 2.75) is 18.4 Å². The number of halogens is 1. The van der Waals surface area contributed by atoms with Gasteiger partial charge in [-0.3, -0.25) is 4.90 Å². The Bertz CT molecular complexity index is 1070. The van der Waals surface area contributed by atoms with Gasteiger partial charge in [-0.1, -0.05) is 70.4 Å². The molecule has 30 heavy (non-hydrogen) atoms. The summed E-state index contributed by atoms with van der Waals surface area (Å²) in [4.78, 5) is 2.67. The van der Waals surface area contributed by atoms with Crippen LogP contribution in [0.5, 0.6) is 0 Å². The quantitative estimate of drug-likeness (QED) is 0.522. The van der Waals surface area contributed by atoms with E-state index in [9.17, 15) is 8.76 Å². The van der Waals surface area contributed by atoms with Crippen molar-refractivity contribution in [3.05, 3.63) is 88.9 Å². The maximum atomic E-state index is 12.8. The zero-order valence-corrected chi connectivity index (χ0v) is 18.5. The Balaban J connectivity index is 1.46. The predicted octanol–water partition coefficient (Wildman–Crippen LogP) is 5.04. The van der Waals surface area contributed by atoms with Crippen LogP contribution in [0.25, 0.3) is 11.1 Å². The highest BCUT2D eigenvalue weighted by Gasteiger charge is 2.33. The number of benzene rings is 3. The molecule has 6 heteroatoms.